The number of aryl methyl sites for hydroxylation is 2. The molecule has 96 valence electrons. The molecule has 0 spiro atoms. The summed E-state index contributed by atoms with van der Waals surface area (Å²) in [5.41, 5.74) is 0.822. The number of nitrogens with zero attached hydrogens (tertiary/aromatic N) is 2. The minimum absolute atomic E-state index is 0.0150. The van der Waals surface area contributed by atoms with Crippen molar-refractivity contribution < 1.29 is 14.3 Å². The van der Waals surface area contributed by atoms with Crippen molar-refractivity contribution >= 4 is 5.97 Å². The molecule has 0 radical (unpaired) electrons. The second-order valence-electron chi connectivity index (χ2n) is 4.03. The van der Waals surface area contributed by atoms with Crippen LogP contribution in [0.15, 0.2) is 4.42 Å². The quantitative estimate of drug-likeness (QED) is 0.825. The number of hydrogen-bond acceptors (Lipinski definition) is 4. The number of carboxylic acids is 1. The van der Waals surface area contributed by atoms with Crippen LogP contribution in [0.3, 0.4) is 0 Å². The lowest BCUT2D eigenvalue weighted by atomic mass is 10.1. The van der Waals surface area contributed by atoms with Gasteiger partial charge in [-0.15, -0.1) is 0 Å². The third-order valence-corrected chi connectivity index (χ3v) is 2.95. The van der Waals surface area contributed by atoms with E-state index in [1.54, 1.807) is 0 Å². The summed E-state index contributed by atoms with van der Waals surface area (Å²) in [4.78, 5) is 17.3. The molecule has 1 heterocycles. The number of hydrogen-bond donors (Lipinski definition) is 1. The van der Waals surface area contributed by atoms with Crippen molar-refractivity contribution in [2.75, 3.05) is 13.1 Å². The van der Waals surface area contributed by atoms with E-state index in [1.165, 1.54) is 0 Å². The van der Waals surface area contributed by atoms with Crippen LogP contribution in [0.25, 0.3) is 0 Å². The van der Waals surface area contributed by atoms with E-state index < -0.39 is 5.97 Å². The van der Waals surface area contributed by atoms with E-state index in [9.17, 15) is 4.79 Å². The molecule has 0 saturated carbocycles. The maximum Gasteiger partial charge on any atom is 0.305 e. The van der Waals surface area contributed by atoms with Gasteiger partial charge in [-0.1, -0.05) is 13.8 Å². The Kier molecular flexibility index (Phi) is 4.69. The van der Waals surface area contributed by atoms with Crippen LogP contribution in [0.1, 0.15) is 43.7 Å². The van der Waals surface area contributed by atoms with Crippen LogP contribution < -0.4 is 0 Å². The second kappa shape index (κ2) is 5.82. The highest BCUT2D eigenvalue weighted by Gasteiger charge is 2.26. The van der Waals surface area contributed by atoms with Gasteiger partial charge in [0, 0.05) is 0 Å². The molecule has 17 heavy (non-hydrogen) atoms. The molecule has 1 unspecified atom stereocenters. The predicted molar refractivity (Wildman–Crippen MR) is 63.9 cm³/mol. The highest BCUT2D eigenvalue weighted by atomic mass is 16.4. The lowest BCUT2D eigenvalue weighted by Gasteiger charge is -2.25. The van der Waals surface area contributed by atoms with Gasteiger partial charge >= 0.3 is 5.97 Å². The van der Waals surface area contributed by atoms with E-state index >= 15 is 0 Å². The number of oxazole rings is 1. The molecular weight excluding hydrogens is 220 g/mol. The fraction of sp³-hybridized carbons (Fsp3) is 0.667. The average Bonchev–Trinajstić information content (AvgIpc) is 2.59. The molecule has 0 aliphatic rings. The molecule has 1 aromatic rings. The van der Waals surface area contributed by atoms with E-state index in [-0.39, 0.29) is 12.5 Å². The van der Waals surface area contributed by atoms with E-state index in [2.05, 4.69) is 4.98 Å². The van der Waals surface area contributed by atoms with Crippen LogP contribution in [-0.4, -0.2) is 34.0 Å². The Balaban J connectivity index is 3.00. The van der Waals surface area contributed by atoms with Crippen molar-refractivity contribution in [1.29, 1.82) is 0 Å². The van der Waals surface area contributed by atoms with Crippen LogP contribution in [0, 0.1) is 13.8 Å². The average molecular weight is 240 g/mol. The van der Waals surface area contributed by atoms with Crippen molar-refractivity contribution in [2.45, 2.75) is 40.2 Å². The normalized spacial score (nSPS) is 13.0. The second-order valence-corrected chi connectivity index (χ2v) is 4.03. The van der Waals surface area contributed by atoms with Crippen molar-refractivity contribution in [3.05, 3.63) is 17.3 Å². The molecule has 5 nitrogen and oxygen atoms in total. The van der Waals surface area contributed by atoms with Gasteiger partial charge in [0.05, 0.1) is 18.2 Å². The first-order valence-corrected chi connectivity index (χ1v) is 5.89. The fourth-order valence-electron chi connectivity index (χ4n) is 1.84. The molecule has 0 aliphatic carbocycles. The maximum absolute atomic E-state index is 10.9. The van der Waals surface area contributed by atoms with Crippen molar-refractivity contribution in [1.82, 2.24) is 9.88 Å². The molecule has 0 aromatic carbocycles. The first-order chi connectivity index (χ1) is 7.99. The molecule has 1 rings (SSSR count). The Morgan fingerprint density at radius 2 is 2.00 bits per heavy atom. The standard InChI is InChI=1S/C12H20N2O3/c1-5-14(6-2)10(7-11(15)16)12-13-8(3)9(4)17-12/h10H,5-7H2,1-4H3,(H,15,16). The van der Waals surface area contributed by atoms with Crippen molar-refractivity contribution in [2.24, 2.45) is 0 Å². The minimum atomic E-state index is -0.838. The summed E-state index contributed by atoms with van der Waals surface area (Å²) in [6.07, 6.45) is 0.0150. The van der Waals surface area contributed by atoms with E-state index in [4.69, 9.17) is 9.52 Å². The van der Waals surface area contributed by atoms with Crippen LogP contribution in [0.2, 0.25) is 0 Å². The van der Waals surface area contributed by atoms with Crippen molar-refractivity contribution in [3.8, 4) is 0 Å². The Morgan fingerprint density at radius 3 is 2.35 bits per heavy atom. The summed E-state index contributed by atoms with van der Waals surface area (Å²) in [6, 6.07) is -0.282. The van der Waals surface area contributed by atoms with Crippen LogP contribution in [0.5, 0.6) is 0 Å². The Labute approximate surface area is 101 Å². The van der Waals surface area contributed by atoms with E-state index in [1.807, 2.05) is 32.6 Å². The predicted octanol–water partition coefficient (Wildman–Crippen LogP) is 2.15. The Bertz CT molecular complexity index is 364. The molecule has 0 fully saturated rings. The van der Waals surface area contributed by atoms with Gasteiger partial charge < -0.3 is 9.52 Å². The minimum Gasteiger partial charge on any atom is -0.481 e. The Hall–Kier alpha value is -1.36. The van der Waals surface area contributed by atoms with Gasteiger partial charge in [0.1, 0.15) is 5.76 Å². The smallest absolute Gasteiger partial charge is 0.305 e. The zero-order valence-corrected chi connectivity index (χ0v) is 10.9. The summed E-state index contributed by atoms with van der Waals surface area (Å²) in [5, 5.41) is 8.97. The third kappa shape index (κ3) is 3.30. The third-order valence-electron chi connectivity index (χ3n) is 2.95. The topological polar surface area (TPSA) is 66.6 Å². The first-order valence-electron chi connectivity index (χ1n) is 5.89. The summed E-state index contributed by atoms with van der Waals surface area (Å²) in [7, 11) is 0. The number of aliphatic carboxylic acids is 1. The molecule has 0 amide bonds. The van der Waals surface area contributed by atoms with E-state index in [0.717, 1.165) is 24.5 Å². The van der Waals surface area contributed by atoms with Gasteiger partial charge in [-0.25, -0.2) is 4.98 Å². The molecule has 1 aromatic heterocycles. The number of carbonyl (C=O) groups is 1. The lowest BCUT2D eigenvalue weighted by Crippen LogP contribution is -2.30. The summed E-state index contributed by atoms with van der Waals surface area (Å²) in [5.74, 6) is 0.420. The molecule has 1 atom stereocenters. The summed E-state index contributed by atoms with van der Waals surface area (Å²) >= 11 is 0. The Morgan fingerprint density at radius 1 is 1.41 bits per heavy atom. The zero-order chi connectivity index (χ0) is 13.0. The molecular formula is C12H20N2O3. The largest absolute Gasteiger partial charge is 0.481 e. The molecule has 1 N–H and O–H groups in total. The highest BCUT2D eigenvalue weighted by molar-refractivity contribution is 5.67. The molecule has 0 bridgehead atoms. The van der Waals surface area contributed by atoms with Gasteiger partial charge in [0.2, 0.25) is 5.89 Å². The van der Waals surface area contributed by atoms with Crippen molar-refractivity contribution in [3.63, 3.8) is 0 Å². The van der Waals surface area contributed by atoms with Gasteiger partial charge in [-0.2, -0.15) is 0 Å². The fourth-order valence-corrected chi connectivity index (χ4v) is 1.84. The molecule has 0 saturated heterocycles. The number of aromatic nitrogens is 1. The number of carboxylic acid groups (broad SMARTS) is 1. The molecule has 0 aliphatic heterocycles. The first kappa shape index (κ1) is 13.7. The lowest BCUT2D eigenvalue weighted by molar-refractivity contribution is -0.138. The molecule has 5 heteroatoms. The van der Waals surface area contributed by atoms with Crippen LogP contribution in [0.4, 0.5) is 0 Å². The van der Waals surface area contributed by atoms with E-state index in [0.29, 0.717) is 5.89 Å². The highest BCUT2D eigenvalue weighted by Crippen LogP contribution is 2.25. The SMILES string of the molecule is CCN(CC)C(CC(=O)O)c1nc(C)c(C)o1. The van der Waals surface area contributed by atoms with Crippen LogP contribution >= 0.6 is 0 Å². The number of rotatable bonds is 6. The van der Waals surface area contributed by atoms with Gasteiger partial charge in [-0.05, 0) is 26.9 Å². The van der Waals surface area contributed by atoms with Crippen LogP contribution in [-0.2, 0) is 4.79 Å². The van der Waals surface area contributed by atoms with Gasteiger partial charge in [-0.3, -0.25) is 9.69 Å². The van der Waals surface area contributed by atoms with Gasteiger partial charge in [0.25, 0.3) is 0 Å². The van der Waals surface area contributed by atoms with Gasteiger partial charge in [0.15, 0.2) is 0 Å². The maximum atomic E-state index is 10.9. The summed E-state index contributed by atoms with van der Waals surface area (Å²) < 4.78 is 5.55. The zero-order valence-electron chi connectivity index (χ0n) is 10.9. The monoisotopic (exact) mass is 240 g/mol. The summed E-state index contributed by atoms with van der Waals surface area (Å²) in [6.45, 7) is 9.25.